The lowest BCUT2D eigenvalue weighted by molar-refractivity contribution is -0.113. The molecule has 0 saturated carbocycles. The minimum atomic E-state index is -0.208. The monoisotopic (exact) mass is 433 g/mol. The number of thiophene rings is 1. The molecule has 2 heterocycles. The summed E-state index contributed by atoms with van der Waals surface area (Å²) in [4.78, 5) is 29.9. The molecule has 0 saturated heterocycles. The second-order valence-electron chi connectivity index (χ2n) is 6.24. The Morgan fingerprint density at radius 1 is 1.28 bits per heavy atom. The summed E-state index contributed by atoms with van der Waals surface area (Å²) < 4.78 is 12.8. The Hall–Kier alpha value is -2.52. The van der Waals surface area contributed by atoms with Gasteiger partial charge in [0.1, 0.15) is 16.2 Å². The highest BCUT2D eigenvalue weighted by molar-refractivity contribution is 7.99. The molecule has 7 nitrogen and oxygen atoms in total. The van der Waals surface area contributed by atoms with Crippen LogP contribution in [0.5, 0.6) is 11.5 Å². The smallest absolute Gasteiger partial charge is 0.272 e. The molecule has 0 radical (unpaired) electrons. The molecule has 9 heteroatoms. The second-order valence-corrected chi connectivity index (χ2v) is 8.10. The van der Waals surface area contributed by atoms with E-state index in [0.29, 0.717) is 39.1 Å². The van der Waals surface area contributed by atoms with Gasteiger partial charge in [-0.2, -0.15) is 0 Å². The highest BCUT2D eigenvalue weighted by Gasteiger charge is 2.15. The average Bonchev–Trinajstić information content (AvgIpc) is 3.21. The van der Waals surface area contributed by atoms with Gasteiger partial charge in [0.05, 0.1) is 31.2 Å². The molecule has 29 heavy (non-hydrogen) atoms. The number of anilines is 1. The lowest BCUT2D eigenvalue weighted by Gasteiger charge is -2.13. The lowest BCUT2D eigenvalue weighted by atomic mass is 10.2. The lowest BCUT2D eigenvalue weighted by Crippen LogP contribution is -2.23. The molecule has 0 aliphatic rings. The summed E-state index contributed by atoms with van der Waals surface area (Å²) in [5.74, 6) is 1.08. The van der Waals surface area contributed by atoms with Crippen LogP contribution in [0.2, 0.25) is 0 Å². The van der Waals surface area contributed by atoms with Gasteiger partial charge >= 0.3 is 0 Å². The van der Waals surface area contributed by atoms with E-state index in [-0.39, 0.29) is 17.2 Å². The molecule has 0 unspecified atom stereocenters. The van der Waals surface area contributed by atoms with Gasteiger partial charge in [-0.3, -0.25) is 14.2 Å². The normalized spacial score (nSPS) is 10.9. The van der Waals surface area contributed by atoms with Crippen molar-refractivity contribution < 1.29 is 14.3 Å². The number of hydrogen-bond acceptors (Lipinski definition) is 7. The van der Waals surface area contributed by atoms with Crippen LogP contribution in [0, 0.1) is 0 Å². The number of rotatable bonds is 9. The molecule has 3 aromatic rings. The Labute approximate surface area is 177 Å². The van der Waals surface area contributed by atoms with E-state index in [1.165, 1.54) is 30.2 Å². The predicted molar refractivity (Wildman–Crippen MR) is 118 cm³/mol. The summed E-state index contributed by atoms with van der Waals surface area (Å²) in [6.45, 7) is 2.66. The van der Waals surface area contributed by atoms with Crippen molar-refractivity contribution in [1.82, 2.24) is 9.55 Å². The Balaban J connectivity index is 1.76. The fourth-order valence-corrected chi connectivity index (χ4v) is 4.37. The first-order chi connectivity index (χ1) is 14.1. The van der Waals surface area contributed by atoms with Gasteiger partial charge in [0.15, 0.2) is 5.16 Å². The number of ether oxygens (including phenoxy) is 2. The number of carbonyl (C=O) groups excluding carboxylic acids is 1. The van der Waals surface area contributed by atoms with Crippen molar-refractivity contribution in [2.24, 2.45) is 0 Å². The number of nitrogens with zero attached hydrogens (tertiary/aromatic N) is 2. The molecule has 0 fully saturated rings. The number of nitrogens with one attached hydrogen (secondary N) is 1. The molecular weight excluding hydrogens is 410 g/mol. The van der Waals surface area contributed by atoms with Crippen LogP contribution in [0.15, 0.2) is 39.6 Å². The van der Waals surface area contributed by atoms with Crippen molar-refractivity contribution in [1.29, 1.82) is 0 Å². The van der Waals surface area contributed by atoms with Crippen molar-refractivity contribution >= 4 is 44.9 Å². The largest absolute Gasteiger partial charge is 0.497 e. The van der Waals surface area contributed by atoms with Crippen LogP contribution in [0.3, 0.4) is 0 Å². The number of aromatic nitrogens is 2. The second kappa shape index (κ2) is 9.80. The number of amides is 1. The maximum absolute atomic E-state index is 12.8. The first kappa shape index (κ1) is 21.2. The summed E-state index contributed by atoms with van der Waals surface area (Å²) in [5.41, 5.74) is 1.19. The minimum absolute atomic E-state index is 0.0434. The van der Waals surface area contributed by atoms with E-state index in [2.05, 4.69) is 17.2 Å². The summed E-state index contributed by atoms with van der Waals surface area (Å²) in [5, 5.41) is 5.26. The Kier molecular flexibility index (Phi) is 7.16. The number of benzene rings is 1. The van der Waals surface area contributed by atoms with Crippen molar-refractivity contribution in [2.75, 3.05) is 25.3 Å². The van der Waals surface area contributed by atoms with Crippen LogP contribution >= 0.6 is 23.1 Å². The molecule has 0 aliphatic carbocycles. The molecule has 0 bridgehead atoms. The van der Waals surface area contributed by atoms with Gasteiger partial charge in [0, 0.05) is 12.6 Å². The van der Waals surface area contributed by atoms with E-state index in [4.69, 9.17) is 9.47 Å². The zero-order valence-corrected chi connectivity index (χ0v) is 18.2. The van der Waals surface area contributed by atoms with Gasteiger partial charge in [-0.05, 0) is 30.0 Å². The number of unbranched alkanes of at least 4 members (excludes halogenated alkanes) is 1. The first-order valence-corrected chi connectivity index (χ1v) is 11.1. The van der Waals surface area contributed by atoms with Crippen molar-refractivity contribution in [3.05, 3.63) is 40.0 Å². The third-order valence-corrected chi connectivity index (χ3v) is 6.15. The van der Waals surface area contributed by atoms with Gasteiger partial charge in [-0.1, -0.05) is 25.1 Å². The Morgan fingerprint density at radius 2 is 2.10 bits per heavy atom. The maximum atomic E-state index is 12.8. The van der Waals surface area contributed by atoms with Gasteiger partial charge in [-0.15, -0.1) is 11.3 Å². The predicted octanol–water partition coefficient (Wildman–Crippen LogP) is 4.01. The summed E-state index contributed by atoms with van der Waals surface area (Å²) in [6, 6.07) is 7.02. The van der Waals surface area contributed by atoms with Crippen LogP contribution in [0.4, 0.5) is 5.69 Å². The molecule has 1 amide bonds. The molecule has 1 N–H and O–H groups in total. The average molecular weight is 434 g/mol. The van der Waals surface area contributed by atoms with E-state index >= 15 is 0 Å². The highest BCUT2D eigenvalue weighted by Crippen LogP contribution is 2.29. The molecule has 3 rings (SSSR count). The zero-order chi connectivity index (χ0) is 20.8. The van der Waals surface area contributed by atoms with Crippen LogP contribution in [0.25, 0.3) is 10.2 Å². The third kappa shape index (κ3) is 4.91. The van der Waals surface area contributed by atoms with E-state index in [1.807, 2.05) is 11.4 Å². The van der Waals surface area contributed by atoms with Gasteiger partial charge in [-0.25, -0.2) is 4.98 Å². The minimum Gasteiger partial charge on any atom is -0.497 e. The molecular formula is C20H23N3O4S2. The van der Waals surface area contributed by atoms with Crippen LogP contribution in [-0.2, 0) is 11.3 Å². The quantitative estimate of drug-likeness (QED) is 0.406. The van der Waals surface area contributed by atoms with Crippen LogP contribution < -0.4 is 20.3 Å². The maximum Gasteiger partial charge on any atom is 0.272 e. The third-order valence-electron chi connectivity index (χ3n) is 4.28. The van der Waals surface area contributed by atoms with Gasteiger partial charge < -0.3 is 14.8 Å². The number of thioether (sulfide) groups is 1. The van der Waals surface area contributed by atoms with Gasteiger partial charge in [0.2, 0.25) is 5.91 Å². The molecule has 1 aromatic carbocycles. The van der Waals surface area contributed by atoms with Crippen molar-refractivity contribution in [3.63, 3.8) is 0 Å². The number of fused-ring (bicyclic) bond motifs is 1. The van der Waals surface area contributed by atoms with E-state index < -0.39 is 0 Å². The van der Waals surface area contributed by atoms with E-state index in [1.54, 1.807) is 29.9 Å². The van der Waals surface area contributed by atoms with Crippen molar-refractivity contribution in [2.45, 2.75) is 31.5 Å². The van der Waals surface area contributed by atoms with E-state index in [9.17, 15) is 9.59 Å². The summed E-state index contributed by atoms with van der Waals surface area (Å²) in [6.07, 6.45) is 1.85. The summed E-state index contributed by atoms with van der Waals surface area (Å²) >= 11 is 2.65. The molecule has 2 aromatic heterocycles. The first-order valence-electron chi connectivity index (χ1n) is 9.20. The van der Waals surface area contributed by atoms with Crippen LogP contribution in [0.1, 0.15) is 19.8 Å². The zero-order valence-electron chi connectivity index (χ0n) is 16.6. The molecule has 0 atom stereocenters. The molecule has 0 aliphatic heterocycles. The summed E-state index contributed by atoms with van der Waals surface area (Å²) in [7, 11) is 3.10. The topological polar surface area (TPSA) is 82.5 Å². The van der Waals surface area contributed by atoms with E-state index in [0.717, 1.165) is 12.8 Å². The Morgan fingerprint density at radius 3 is 2.83 bits per heavy atom. The van der Waals surface area contributed by atoms with Gasteiger partial charge in [0.25, 0.3) is 5.56 Å². The molecule has 154 valence electrons. The number of carbonyl (C=O) groups is 1. The number of hydrogen-bond donors (Lipinski definition) is 1. The number of methoxy groups -OCH3 is 2. The SMILES string of the molecule is CCCCn1c(SCC(=O)Nc2ccc(OC)cc2OC)nc2ccsc2c1=O. The molecule has 0 spiro atoms. The highest BCUT2D eigenvalue weighted by atomic mass is 32.2. The van der Waals surface area contributed by atoms with Crippen molar-refractivity contribution in [3.8, 4) is 11.5 Å². The fourth-order valence-electron chi connectivity index (χ4n) is 2.77. The fraction of sp³-hybridized carbons (Fsp3) is 0.350. The standard InChI is InChI=1S/C20H23N3O4S2/c1-4-5-9-23-19(25)18-15(8-10-28-18)22-20(23)29-12-17(24)21-14-7-6-13(26-2)11-16(14)27-3/h6-8,10-11H,4-5,9,12H2,1-3H3,(H,21,24). The van der Waals surface area contributed by atoms with Crippen LogP contribution in [-0.4, -0.2) is 35.4 Å². The Bertz CT molecular complexity index is 1060.